The Morgan fingerprint density at radius 1 is 0.964 bits per heavy atom. The molecule has 0 aliphatic heterocycles. The van der Waals surface area contributed by atoms with E-state index in [1.165, 1.54) is 4.88 Å². The summed E-state index contributed by atoms with van der Waals surface area (Å²) in [5, 5.41) is 6.43. The second-order valence-electron chi connectivity index (χ2n) is 5.71. The van der Waals surface area contributed by atoms with Crippen molar-refractivity contribution in [2.45, 2.75) is 11.3 Å². The first-order valence-corrected chi connectivity index (χ1v) is 10.2. The van der Waals surface area contributed by atoms with Crippen molar-refractivity contribution >= 4 is 40.7 Å². The fourth-order valence-corrected chi connectivity index (χ4v) is 4.13. The van der Waals surface area contributed by atoms with Crippen LogP contribution in [0.15, 0.2) is 64.9 Å². The van der Waals surface area contributed by atoms with Crippen molar-refractivity contribution in [3.63, 3.8) is 0 Å². The lowest BCUT2D eigenvalue weighted by Crippen LogP contribution is -2.35. The number of thioether (sulfide) groups is 1. The first-order valence-electron chi connectivity index (χ1n) is 8.34. The standard InChI is InChI=1S/C20H16F2N2O2S2/c21-16-4-1-5-17(22)18(16)19(25)24-20(26)23-13-6-8-15(9-7-13)28-12-10-14-3-2-11-27-14/h1-9,11H,10,12H2,(H2,23,24,25,26). The molecule has 3 rings (SSSR count). The molecular weight excluding hydrogens is 402 g/mol. The number of amides is 3. The zero-order chi connectivity index (χ0) is 19.9. The molecule has 144 valence electrons. The van der Waals surface area contributed by atoms with Crippen LogP contribution >= 0.6 is 23.1 Å². The van der Waals surface area contributed by atoms with Crippen LogP contribution in [0.2, 0.25) is 0 Å². The molecule has 0 saturated carbocycles. The number of thiophene rings is 1. The Balaban J connectivity index is 1.50. The van der Waals surface area contributed by atoms with Gasteiger partial charge in [-0.15, -0.1) is 23.1 Å². The molecule has 0 fully saturated rings. The number of aryl methyl sites for hydroxylation is 1. The van der Waals surface area contributed by atoms with Crippen molar-refractivity contribution in [3.05, 3.63) is 82.1 Å². The molecule has 0 saturated heterocycles. The van der Waals surface area contributed by atoms with Crippen molar-refractivity contribution in [1.29, 1.82) is 0 Å². The number of hydrogen-bond acceptors (Lipinski definition) is 4. The van der Waals surface area contributed by atoms with E-state index in [-0.39, 0.29) is 0 Å². The summed E-state index contributed by atoms with van der Waals surface area (Å²) >= 11 is 3.43. The monoisotopic (exact) mass is 418 g/mol. The highest BCUT2D eigenvalue weighted by Crippen LogP contribution is 2.22. The predicted molar refractivity (Wildman–Crippen MR) is 108 cm³/mol. The molecule has 28 heavy (non-hydrogen) atoms. The molecule has 4 nitrogen and oxygen atoms in total. The number of urea groups is 1. The lowest BCUT2D eigenvalue weighted by Gasteiger charge is -2.08. The second kappa shape index (κ2) is 9.48. The van der Waals surface area contributed by atoms with Gasteiger partial charge >= 0.3 is 6.03 Å². The van der Waals surface area contributed by atoms with Gasteiger partial charge in [-0.05, 0) is 54.3 Å². The minimum atomic E-state index is -1.14. The zero-order valence-corrected chi connectivity index (χ0v) is 16.2. The van der Waals surface area contributed by atoms with Crippen LogP contribution in [0.25, 0.3) is 0 Å². The molecular formula is C20H16F2N2O2S2. The Morgan fingerprint density at radius 3 is 2.32 bits per heavy atom. The highest BCUT2D eigenvalue weighted by molar-refractivity contribution is 7.99. The normalized spacial score (nSPS) is 10.5. The molecule has 1 heterocycles. The van der Waals surface area contributed by atoms with E-state index in [0.29, 0.717) is 5.69 Å². The number of halogens is 2. The third kappa shape index (κ3) is 5.40. The largest absolute Gasteiger partial charge is 0.326 e. The van der Waals surface area contributed by atoms with Gasteiger partial charge in [0.2, 0.25) is 0 Å². The zero-order valence-electron chi connectivity index (χ0n) is 14.6. The van der Waals surface area contributed by atoms with Gasteiger partial charge in [-0.3, -0.25) is 10.1 Å². The molecule has 2 aromatic carbocycles. The number of rotatable bonds is 6. The van der Waals surface area contributed by atoms with Crippen LogP contribution in [-0.2, 0) is 6.42 Å². The number of anilines is 1. The highest BCUT2D eigenvalue weighted by Gasteiger charge is 2.19. The van der Waals surface area contributed by atoms with Gasteiger partial charge < -0.3 is 5.32 Å². The third-order valence-electron chi connectivity index (χ3n) is 3.73. The van der Waals surface area contributed by atoms with Gasteiger partial charge in [-0.2, -0.15) is 0 Å². The summed E-state index contributed by atoms with van der Waals surface area (Å²) in [7, 11) is 0. The summed E-state index contributed by atoms with van der Waals surface area (Å²) in [5.74, 6) is -2.27. The van der Waals surface area contributed by atoms with Crippen LogP contribution in [-0.4, -0.2) is 17.7 Å². The molecule has 0 bridgehead atoms. The maximum Gasteiger partial charge on any atom is 0.326 e. The molecule has 8 heteroatoms. The van der Waals surface area contributed by atoms with E-state index in [2.05, 4.69) is 16.8 Å². The Morgan fingerprint density at radius 2 is 1.68 bits per heavy atom. The van der Waals surface area contributed by atoms with Crippen LogP contribution in [0, 0.1) is 11.6 Å². The molecule has 0 aliphatic rings. The average Bonchev–Trinajstić information content (AvgIpc) is 3.16. The van der Waals surface area contributed by atoms with E-state index >= 15 is 0 Å². The van der Waals surface area contributed by atoms with Gasteiger partial charge in [0.1, 0.15) is 17.2 Å². The van der Waals surface area contributed by atoms with E-state index in [0.717, 1.165) is 35.3 Å². The molecule has 0 spiro atoms. The van der Waals surface area contributed by atoms with Crippen molar-refractivity contribution in [2.75, 3.05) is 11.1 Å². The van der Waals surface area contributed by atoms with Crippen LogP contribution in [0.3, 0.4) is 0 Å². The number of hydrogen-bond donors (Lipinski definition) is 2. The number of carbonyl (C=O) groups excluding carboxylic acids is 2. The van der Waals surface area contributed by atoms with E-state index in [9.17, 15) is 18.4 Å². The molecule has 0 radical (unpaired) electrons. The van der Waals surface area contributed by atoms with Gasteiger partial charge in [0.25, 0.3) is 5.91 Å². The molecule has 1 aromatic heterocycles. The highest BCUT2D eigenvalue weighted by atomic mass is 32.2. The van der Waals surface area contributed by atoms with Crippen LogP contribution in [0.1, 0.15) is 15.2 Å². The maximum atomic E-state index is 13.6. The average molecular weight is 418 g/mol. The fourth-order valence-electron chi connectivity index (χ4n) is 2.40. The number of imide groups is 1. The number of benzene rings is 2. The van der Waals surface area contributed by atoms with Crippen molar-refractivity contribution in [1.82, 2.24) is 5.32 Å². The smallest absolute Gasteiger partial charge is 0.308 e. The fraction of sp³-hybridized carbons (Fsp3) is 0.100. The Labute approximate surface area is 169 Å². The molecule has 0 unspecified atom stereocenters. The summed E-state index contributed by atoms with van der Waals surface area (Å²) in [6.07, 6.45) is 0.986. The number of nitrogens with one attached hydrogen (secondary N) is 2. The molecule has 3 amide bonds. The van der Waals surface area contributed by atoms with E-state index in [1.54, 1.807) is 35.2 Å². The quantitative estimate of drug-likeness (QED) is 0.533. The summed E-state index contributed by atoms with van der Waals surface area (Å²) < 4.78 is 27.2. The van der Waals surface area contributed by atoms with E-state index in [4.69, 9.17) is 0 Å². The van der Waals surface area contributed by atoms with Gasteiger partial charge in [0.15, 0.2) is 0 Å². The summed E-state index contributed by atoms with van der Waals surface area (Å²) in [6, 6.07) is 13.4. The molecule has 0 aliphatic carbocycles. The summed E-state index contributed by atoms with van der Waals surface area (Å²) in [4.78, 5) is 26.2. The van der Waals surface area contributed by atoms with Gasteiger partial charge in [-0.1, -0.05) is 12.1 Å². The van der Waals surface area contributed by atoms with Gasteiger partial charge in [0, 0.05) is 21.2 Å². The van der Waals surface area contributed by atoms with Crippen molar-refractivity contribution < 1.29 is 18.4 Å². The number of carbonyl (C=O) groups is 2. The molecule has 0 atom stereocenters. The lowest BCUT2D eigenvalue weighted by atomic mass is 10.2. The van der Waals surface area contributed by atoms with Crippen LogP contribution < -0.4 is 10.6 Å². The Bertz CT molecular complexity index is 941. The second-order valence-corrected chi connectivity index (χ2v) is 7.91. The van der Waals surface area contributed by atoms with E-state index in [1.807, 2.05) is 23.5 Å². The predicted octanol–water partition coefficient (Wildman–Crippen LogP) is 5.32. The molecule has 2 N–H and O–H groups in total. The Kier molecular flexibility index (Phi) is 6.78. The minimum Gasteiger partial charge on any atom is -0.308 e. The maximum absolute atomic E-state index is 13.6. The first-order chi connectivity index (χ1) is 13.5. The first kappa shape index (κ1) is 20.0. The topological polar surface area (TPSA) is 58.2 Å². The van der Waals surface area contributed by atoms with Gasteiger partial charge in [-0.25, -0.2) is 13.6 Å². The minimum absolute atomic E-state index is 0.460. The summed E-state index contributed by atoms with van der Waals surface area (Å²) in [5.41, 5.74) is -0.336. The molecule has 3 aromatic rings. The van der Waals surface area contributed by atoms with Gasteiger partial charge in [0.05, 0.1) is 0 Å². The van der Waals surface area contributed by atoms with E-state index < -0.39 is 29.1 Å². The Hall–Kier alpha value is -2.71. The lowest BCUT2D eigenvalue weighted by molar-refractivity contribution is 0.0959. The SMILES string of the molecule is O=C(NC(=O)c1c(F)cccc1F)Nc1ccc(SCCc2cccs2)cc1. The summed E-state index contributed by atoms with van der Waals surface area (Å²) in [6.45, 7) is 0. The third-order valence-corrected chi connectivity index (χ3v) is 5.68. The van der Waals surface area contributed by atoms with Crippen LogP contribution in [0.4, 0.5) is 19.3 Å². The van der Waals surface area contributed by atoms with Crippen LogP contribution in [0.5, 0.6) is 0 Å². The van der Waals surface area contributed by atoms with Crippen molar-refractivity contribution in [3.8, 4) is 0 Å². The van der Waals surface area contributed by atoms with Crippen molar-refractivity contribution in [2.24, 2.45) is 0 Å².